The molecule has 0 unspecified atom stereocenters. The topological polar surface area (TPSA) is 50.4 Å². The van der Waals surface area contributed by atoms with Crippen LogP contribution in [0.3, 0.4) is 0 Å². The number of anilines is 1. The van der Waals surface area contributed by atoms with Crippen LogP contribution in [0.5, 0.6) is 0 Å². The number of nitrogens with one attached hydrogen (secondary N) is 1. The lowest BCUT2D eigenvalue weighted by molar-refractivity contribution is 0.575. The number of hydrazone groups is 1. The minimum Gasteiger partial charge on any atom is -0.455 e. The van der Waals surface area contributed by atoms with Crippen LogP contribution in [0.15, 0.2) is 74.8 Å². The summed E-state index contributed by atoms with van der Waals surface area (Å²) in [5.74, 6) is 2.17. The molecule has 0 spiro atoms. The molecular formula is C16H12BrN3O. The van der Waals surface area contributed by atoms with Crippen LogP contribution in [0, 0.1) is 0 Å². The van der Waals surface area contributed by atoms with Gasteiger partial charge in [0.15, 0.2) is 0 Å². The van der Waals surface area contributed by atoms with Gasteiger partial charge in [-0.2, -0.15) is 5.10 Å². The average molecular weight is 342 g/mol. The van der Waals surface area contributed by atoms with Crippen LogP contribution < -0.4 is 5.43 Å². The van der Waals surface area contributed by atoms with Crippen molar-refractivity contribution >= 4 is 28.0 Å². The molecule has 5 heteroatoms. The number of benzene rings is 1. The van der Waals surface area contributed by atoms with Gasteiger partial charge in [-0.05, 0) is 36.4 Å². The SMILES string of the molecule is Brc1ccc(-c2ccc(/C=N\Nc3ccccn3)o2)cc1. The van der Waals surface area contributed by atoms with Crippen molar-refractivity contribution in [2.45, 2.75) is 0 Å². The summed E-state index contributed by atoms with van der Waals surface area (Å²) in [6.07, 6.45) is 3.33. The highest BCUT2D eigenvalue weighted by Crippen LogP contribution is 2.23. The average Bonchev–Trinajstić information content (AvgIpc) is 2.98. The maximum absolute atomic E-state index is 5.72. The molecule has 2 heterocycles. The Bertz CT molecular complexity index is 736. The van der Waals surface area contributed by atoms with E-state index < -0.39 is 0 Å². The molecule has 0 radical (unpaired) electrons. The Labute approximate surface area is 130 Å². The first-order valence-corrected chi connectivity index (χ1v) is 7.16. The molecule has 0 fully saturated rings. The molecular weight excluding hydrogens is 330 g/mol. The zero-order valence-electron chi connectivity index (χ0n) is 11.0. The number of hydrogen-bond donors (Lipinski definition) is 1. The Morgan fingerprint density at radius 1 is 1.05 bits per heavy atom. The molecule has 0 saturated heterocycles. The number of halogens is 1. The quantitative estimate of drug-likeness (QED) is 0.559. The Morgan fingerprint density at radius 2 is 1.90 bits per heavy atom. The van der Waals surface area contributed by atoms with E-state index in [0.29, 0.717) is 11.6 Å². The van der Waals surface area contributed by atoms with Crippen LogP contribution in [0.2, 0.25) is 0 Å². The van der Waals surface area contributed by atoms with E-state index in [1.54, 1.807) is 12.4 Å². The van der Waals surface area contributed by atoms with E-state index in [9.17, 15) is 0 Å². The molecule has 1 N–H and O–H groups in total. The Hall–Kier alpha value is -2.40. The van der Waals surface area contributed by atoms with Gasteiger partial charge in [0.1, 0.15) is 17.3 Å². The van der Waals surface area contributed by atoms with Crippen molar-refractivity contribution in [2.24, 2.45) is 5.10 Å². The highest BCUT2D eigenvalue weighted by molar-refractivity contribution is 9.10. The summed E-state index contributed by atoms with van der Waals surface area (Å²) in [6.45, 7) is 0. The third kappa shape index (κ3) is 3.58. The summed E-state index contributed by atoms with van der Waals surface area (Å²) < 4.78 is 6.76. The van der Waals surface area contributed by atoms with Crippen molar-refractivity contribution in [1.82, 2.24) is 4.98 Å². The smallest absolute Gasteiger partial charge is 0.147 e. The molecule has 4 nitrogen and oxygen atoms in total. The third-order valence-electron chi connectivity index (χ3n) is 2.79. The zero-order chi connectivity index (χ0) is 14.5. The number of nitrogens with zero attached hydrogens (tertiary/aromatic N) is 2. The van der Waals surface area contributed by atoms with Gasteiger partial charge in [-0.15, -0.1) is 0 Å². The largest absolute Gasteiger partial charge is 0.455 e. The molecule has 0 atom stereocenters. The van der Waals surface area contributed by atoms with E-state index in [4.69, 9.17) is 4.42 Å². The maximum atomic E-state index is 5.72. The van der Waals surface area contributed by atoms with Gasteiger partial charge in [0.2, 0.25) is 0 Å². The lowest BCUT2D eigenvalue weighted by atomic mass is 10.2. The second-order valence-corrected chi connectivity index (χ2v) is 5.21. The molecule has 0 amide bonds. The Kier molecular flexibility index (Phi) is 4.12. The fourth-order valence-corrected chi connectivity index (χ4v) is 2.05. The van der Waals surface area contributed by atoms with Crippen molar-refractivity contribution < 1.29 is 4.42 Å². The van der Waals surface area contributed by atoms with Gasteiger partial charge in [0, 0.05) is 16.2 Å². The molecule has 2 aromatic heterocycles. The van der Waals surface area contributed by atoms with E-state index in [2.05, 4.69) is 31.4 Å². The van der Waals surface area contributed by atoms with E-state index in [-0.39, 0.29) is 0 Å². The van der Waals surface area contributed by atoms with Crippen LogP contribution in [0.1, 0.15) is 5.76 Å². The van der Waals surface area contributed by atoms with E-state index >= 15 is 0 Å². The maximum Gasteiger partial charge on any atom is 0.147 e. The minimum atomic E-state index is 0.677. The number of aromatic nitrogens is 1. The number of pyridine rings is 1. The molecule has 1 aromatic carbocycles. The van der Waals surface area contributed by atoms with Crippen LogP contribution >= 0.6 is 15.9 Å². The summed E-state index contributed by atoms with van der Waals surface area (Å²) in [4.78, 5) is 4.11. The molecule has 0 aliphatic heterocycles. The Morgan fingerprint density at radius 3 is 2.67 bits per heavy atom. The predicted molar refractivity (Wildman–Crippen MR) is 87.3 cm³/mol. The predicted octanol–water partition coefficient (Wildman–Crippen LogP) is 4.55. The van der Waals surface area contributed by atoms with Gasteiger partial charge in [-0.25, -0.2) is 4.98 Å². The van der Waals surface area contributed by atoms with E-state index in [1.807, 2.05) is 54.6 Å². The van der Waals surface area contributed by atoms with E-state index in [0.717, 1.165) is 15.8 Å². The lowest BCUT2D eigenvalue weighted by Gasteiger charge is -1.97. The standard InChI is InChI=1S/C16H12BrN3O/c17-13-6-4-12(5-7-13)15-9-8-14(21-15)11-19-20-16-3-1-2-10-18-16/h1-11H,(H,18,20)/b19-11-. The lowest BCUT2D eigenvalue weighted by Crippen LogP contribution is -1.91. The summed E-state index contributed by atoms with van der Waals surface area (Å²) in [5.41, 5.74) is 3.87. The number of furan rings is 1. The molecule has 3 rings (SSSR count). The van der Waals surface area contributed by atoms with Crippen LogP contribution in [-0.4, -0.2) is 11.2 Å². The molecule has 0 saturated carbocycles. The van der Waals surface area contributed by atoms with Gasteiger partial charge in [-0.1, -0.05) is 34.1 Å². The molecule has 21 heavy (non-hydrogen) atoms. The summed E-state index contributed by atoms with van der Waals surface area (Å²) in [6, 6.07) is 17.3. The second kappa shape index (κ2) is 6.37. The van der Waals surface area contributed by atoms with Crippen molar-refractivity contribution in [1.29, 1.82) is 0 Å². The zero-order valence-corrected chi connectivity index (χ0v) is 12.6. The first-order chi connectivity index (χ1) is 10.3. The Balaban J connectivity index is 1.69. The fourth-order valence-electron chi connectivity index (χ4n) is 1.78. The van der Waals surface area contributed by atoms with Crippen molar-refractivity contribution in [2.75, 3.05) is 5.43 Å². The van der Waals surface area contributed by atoms with Crippen LogP contribution in [0.4, 0.5) is 5.82 Å². The summed E-state index contributed by atoms with van der Waals surface area (Å²) >= 11 is 3.41. The second-order valence-electron chi connectivity index (χ2n) is 4.29. The van der Waals surface area contributed by atoms with Crippen molar-refractivity contribution in [3.05, 3.63) is 71.0 Å². The number of hydrogen-bond acceptors (Lipinski definition) is 4. The highest BCUT2D eigenvalue weighted by Gasteiger charge is 2.03. The monoisotopic (exact) mass is 341 g/mol. The van der Waals surface area contributed by atoms with Crippen LogP contribution in [0.25, 0.3) is 11.3 Å². The summed E-state index contributed by atoms with van der Waals surface area (Å²) in [7, 11) is 0. The minimum absolute atomic E-state index is 0.677. The molecule has 104 valence electrons. The van der Waals surface area contributed by atoms with Crippen molar-refractivity contribution in [3.8, 4) is 11.3 Å². The molecule has 0 bridgehead atoms. The first kappa shape index (κ1) is 13.6. The first-order valence-electron chi connectivity index (χ1n) is 6.37. The van der Waals surface area contributed by atoms with Gasteiger partial charge >= 0.3 is 0 Å². The van der Waals surface area contributed by atoms with Gasteiger partial charge in [0.05, 0.1) is 6.21 Å². The van der Waals surface area contributed by atoms with Crippen molar-refractivity contribution in [3.63, 3.8) is 0 Å². The summed E-state index contributed by atoms with van der Waals surface area (Å²) in [5, 5.41) is 4.09. The molecule has 0 aliphatic rings. The van der Waals surface area contributed by atoms with Gasteiger partial charge in [-0.3, -0.25) is 5.43 Å². The normalized spacial score (nSPS) is 10.9. The van der Waals surface area contributed by atoms with Crippen LogP contribution in [-0.2, 0) is 0 Å². The fraction of sp³-hybridized carbons (Fsp3) is 0. The van der Waals surface area contributed by atoms with Gasteiger partial charge < -0.3 is 4.42 Å². The van der Waals surface area contributed by atoms with E-state index in [1.165, 1.54) is 0 Å². The number of rotatable bonds is 4. The third-order valence-corrected chi connectivity index (χ3v) is 3.32. The molecule has 0 aliphatic carbocycles. The highest BCUT2D eigenvalue weighted by atomic mass is 79.9. The van der Waals surface area contributed by atoms with Gasteiger partial charge in [0.25, 0.3) is 0 Å². The molecule has 3 aromatic rings.